The largest absolute Gasteiger partial charge is 0.338 e. The molecule has 1 fully saturated rings. The summed E-state index contributed by atoms with van der Waals surface area (Å²) in [5.41, 5.74) is 1.48. The zero-order valence-corrected chi connectivity index (χ0v) is 19.1. The van der Waals surface area contributed by atoms with Crippen molar-refractivity contribution in [3.05, 3.63) is 78.1 Å². The fourth-order valence-corrected chi connectivity index (χ4v) is 3.93. The van der Waals surface area contributed by atoms with Crippen molar-refractivity contribution in [2.24, 2.45) is 0 Å². The van der Waals surface area contributed by atoms with Gasteiger partial charge in [0.15, 0.2) is 11.6 Å². The van der Waals surface area contributed by atoms with Crippen LogP contribution in [-0.2, 0) is 11.3 Å². The molecule has 0 bridgehead atoms. The number of nitriles is 1. The van der Waals surface area contributed by atoms with Crippen molar-refractivity contribution in [3.63, 3.8) is 0 Å². The first kappa shape index (κ1) is 23.0. The molecule has 0 saturated carbocycles. The van der Waals surface area contributed by atoms with Gasteiger partial charge in [-0.25, -0.2) is 28.4 Å². The first-order valence-electron chi connectivity index (χ1n) is 11.2. The van der Waals surface area contributed by atoms with E-state index in [-0.39, 0.29) is 29.8 Å². The summed E-state index contributed by atoms with van der Waals surface area (Å²) < 4.78 is 28.4. The Bertz CT molecular complexity index is 1420. The van der Waals surface area contributed by atoms with E-state index in [1.54, 1.807) is 41.4 Å². The average Bonchev–Trinajstić information content (AvgIpc) is 3.33. The van der Waals surface area contributed by atoms with Gasteiger partial charge >= 0.3 is 0 Å². The third-order valence-electron chi connectivity index (χ3n) is 5.83. The molecule has 0 unspecified atom stereocenters. The molecule has 3 heterocycles. The van der Waals surface area contributed by atoms with Crippen LogP contribution in [0.25, 0.3) is 22.8 Å². The second kappa shape index (κ2) is 9.87. The van der Waals surface area contributed by atoms with Crippen molar-refractivity contribution in [1.82, 2.24) is 29.6 Å². The Balaban J connectivity index is 1.34. The van der Waals surface area contributed by atoms with Crippen LogP contribution in [0.3, 0.4) is 0 Å². The molecule has 0 N–H and O–H groups in total. The number of anilines is 1. The van der Waals surface area contributed by atoms with E-state index < -0.39 is 0 Å². The Labute approximate surface area is 205 Å². The second-order valence-corrected chi connectivity index (χ2v) is 8.15. The minimum absolute atomic E-state index is 0.0681. The molecule has 9 nitrogen and oxygen atoms in total. The van der Waals surface area contributed by atoms with Gasteiger partial charge in [0.25, 0.3) is 0 Å². The summed E-state index contributed by atoms with van der Waals surface area (Å²) in [6.45, 7) is 1.86. The SMILES string of the molecule is N#Cc1ccnc(N2CCN(C(=O)Cn3nc(-c4ccc(F)cc4)nc3-c3ccc(F)cc3)CC2)n1. The Morgan fingerprint density at radius 1 is 0.889 bits per heavy atom. The van der Waals surface area contributed by atoms with Gasteiger partial charge < -0.3 is 9.80 Å². The van der Waals surface area contributed by atoms with Gasteiger partial charge in [-0.3, -0.25) is 4.79 Å². The van der Waals surface area contributed by atoms with Gasteiger partial charge in [-0.15, -0.1) is 5.10 Å². The van der Waals surface area contributed by atoms with E-state index in [0.29, 0.717) is 54.9 Å². The van der Waals surface area contributed by atoms with Crippen LogP contribution in [0.5, 0.6) is 0 Å². The highest BCUT2D eigenvalue weighted by Gasteiger charge is 2.25. The van der Waals surface area contributed by atoms with Crippen LogP contribution in [0, 0.1) is 23.0 Å². The van der Waals surface area contributed by atoms with Gasteiger partial charge in [0.05, 0.1) is 0 Å². The van der Waals surface area contributed by atoms with E-state index in [2.05, 4.69) is 20.1 Å². The lowest BCUT2D eigenvalue weighted by atomic mass is 10.2. The van der Waals surface area contributed by atoms with E-state index >= 15 is 0 Å². The molecule has 0 aliphatic carbocycles. The van der Waals surface area contributed by atoms with Crippen molar-refractivity contribution in [1.29, 1.82) is 5.26 Å². The second-order valence-electron chi connectivity index (χ2n) is 8.15. The van der Waals surface area contributed by atoms with Gasteiger partial charge in [-0.05, 0) is 54.6 Å². The molecule has 5 rings (SSSR count). The third kappa shape index (κ3) is 4.88. The summed E-state index contributed by atoms with van der Waals surface area (Å²) in [6.07, 6.45) is 1.54. The first-order valence-corrected chi connectivity index (χ1v) is 11.2. The molecule has 36 heavy (non-hydrogen) atoms. The zero-order valence-electron chi connectivity index (χ0n) is 19.1. The standard InChI is InChI=1S/C25H20F2N8O/c26-19-5-1-17(2-6-19)23-31-24(18-3-7-20(27)8-4-18)35(32-23)16-22(36)33-11-13-34(14-12-33)25-29-10-9-21(15-28)30-25/h1-10H,11-14,16H2. The van der Waals surface area contributed by atoms with Crippen LogP contribution in [-0.4, -0.2) is 61.7 Å². The number of benzene rings is 2. The number of carbonyl (C=O) groups excluding carboxylic acids is 1. The van der Waals surface area contributed by atoms with E-state index in [1.165, 1.54) is 28.9 Å². The van der Waals surface area contributed by atoms with Crippen LogP contribution >= 0.6 is 0 Å². The Kier molecular flexibility index (Phi) is 6.32. The maximum Gasteiger partial charge on any atom is 0.244 e. The molecule has 0 atom stereocenters. The minimum Gasteiger partial charge on any atom is -0.338 e. The van der Waals surface area contributed by atoms with Gasteiger partial charge in [-0.2, -0.15) is 5.26 Å². The van der Waals surface area contributed by atoms with Gasteiger partial charge in [-0.1, -0.05) is 0 Å². The molecule has 1 aliphatic heterocycles. The molecule has 0 spiro atoms. The van der Waals surface area contributed by atoms with E-state index in [4.69, 9.17) is 5.26 Å². The highest BCUT2D eigenvalue weighted by molar-refractivity contribution is 5.77. The average molecular weight is 486 g/mol. The summed E-state index contributed by atoms with van der Waals surface area (Å²) in [4.78, 5) is 29.8. The molecule has 1 aliphatic rings. The summed E-state index contributed by atoms with van der Waals surface area (Å²) in [5.74, 6) is 0.280. The lowest BCUT2D eigenvalue weighted by molar-refractivity contribution is -0.132. The Morgan fingerprint density at radius 3 is 2.17 bits per heavy atom. The predicted molar refractivity (Wildman–Crippen MR) is 126 cm³/mol. The van der Waals surface area contributed by atoms with Crippen LogP contribution in [0.15, 0.2) is 60.8 Å². The maximum absolute atomic E-state index is 13.5. The van der Waals surface area contributed by atoms with Crippen LogP contribution in [0.1, 0.15) is 5.69 Å². The fourth-order valence-electron chi connectivity index (χ4n) is 3.93. The molecule has 180 valence electrons. The van der Waals surface area contributed by atoms with Crippen molar-refractivity contribution >= 4 is 11.9 Å². The monoisotopic (exact) mass is 486 g/mol. The molecule has 4 aromatic rings. The molecule has 1 amide bonds. The number of hydrogen-bond acceptors (Lipinski definition) is 7. The normalized spacial score (nSPS) is 13.5. The summed E-state index contributed by atoms with van der Waals surface area (Å²) in [6, 6.07) is 15.1. The highest BCUT2D eigenvalue weighted by atomic mass is 19.1. The van der Waals surface area contributed by atoms with E-state index in [0.717, 1.165) is 0 Å². The Hall–Kier alpha value is -4.72. The number of nitrogens with zero attached hydrogens (tertiary/aromatic N) is 8. The fraction of sp³-hybridized carbons (Fsp3) is 0.200. The van der Waals surface area contributed by atoms with Crippen molar-refractivity contribution in [2.45, 2.75) is 6.54 Å². The summed E-state index contributed by atoms with van der Waals surface area (Å²) in [5, 5.41) is 13.6. The summed E-state index contributed by atoms with van der Waals surface area (Å²) >= 11 is 0. The number of amides is 1. The number of halogens is 2. The zero-order chi connectivity index (χ0) is 25.1. The van der Waals surface area contributed by atoms with E-state index in [9.17, 15) is 13.6 Å². The predicted octanol–water partition coefficient (Wildman–Crippen LogP) is 2.90. The number of hydrogen-bond donors (Lipinski definition) is 0. The lowest BCUT2D eigenvalue weighted by Crippen LogP contribution is -2.50. The van der Waals surface area contributed by atoms with Crippen LogP contribution in [0.4, 0.5) is 14.7 Å². The maximum atomic E-state index is 13.5. The lowest BCUT2D eigenvalue weighted by Gasteiger charge is -2.34. The van der Waals surface area contributed by atoms with Gasteiger partial charge in [0.2, 0.25) is 11.9 Å². The molecular formula is C25H20F2N8O. The topological polar surface area (TPSA) is 104 Å². The molecule has 11 heteroatoms. The molecule has 2 aromatic heterocycles. The molecule has 1 saturated heterocycles. The van der Waals surface area contributed by atoms with Gasteiger partial charge in [0.1, 0.15) is 29.9 Å². The minimum atomic E-state index is -0.387. The van der Waals surface area contributed by atoms with Crippen LogP contribution < -0.4 is 4.90 Å². The molecule has 0 radical (unpaired) electrons. The number of rotatable bonds is 5. The number of aromatic nitrogens is 5. The van der Waals surface area contributed by atoms with Crippen molar-refractivity contribution in [3.8, 4) is 28.8 Å². The third-order valence-corrected chi connectivity index (χ3v) is 5.83. The Morgan fingerprint density at radius 2 is 1.53 bits per heavy atom. The van der Waals surface area contributed by atoms with Crippen molar-refractivity contribution < 1.29 is 13.6 Å². The van der Waals surface area contributed by atoms with Crippen LogP contribution in [0.2, 0.25) is 0 Å². The first-order chi connectivity index (χ1) is 17.5. The quantitative estimate of drug-likeness (QED) is 0.427. The molecule has 2 aromatic carbocycles. The smallest absolute Gasteiger partial charge is 0.244 e. The van der Waals surface area contributed by atoms with E-state index in [1.807, 2.05) is 11.0 Å². The summed E-state index contributed by atoms with van der Waals surface area (Å²) in [7, 11) is 0. The number of piperazine rings is 1. The van der Waals surface area contributed by atoms with Crippen molar-refractivity contribution in [2.75, 3.05) is 31.1 Å². The molecular weight excluding hydrogens is 466 g/mol. The van der Waals surface area contributed by atoms with Gasteiger partial charge in [0, 0.05) is 43.5 Å². The number of carbonyl (C=O) groups is 1. The highest BCUT2D eigenvalue weighted by Crippen LogP contribution is 2.23.